The molecule has 2 unspecified atom stereocenters. The first-order chi connectivity index (χ1) is 8.02. The van der Waals surface area contributed by atoms with Crippen LogP contribution in [-0.2, 0) is 4.74 Å². The highest BCUT2D eigenvalue weighted by atomic mass is 16.5. The third kappa shape index (κ3) is 2.82. The van der Waals surface area contributed by atoms with Crippen molar-refractivity contribution in [2.75, 3.05) is 13.7 Å². The summed E-state index contributed by atoms with van der Waals surface area (Å²) in [6.07, 6.45) is -2.51. The van der Waals surface area contributed by atoms with Gasteiger partial charge in [0.25, 0.3) is 0 Å². The van der Waals surface area contributed by atoms with Crippen LogP contribution in [0, 0.1) is 6.92 Å². The summed E-state index contributed by atoms with van der Waals surface area (Å²) in [6, 6.07) is 4.75. The van der Waals surface area contributed by atoms with Crippen molar-refractivity contribution < 1.29 is 24.9 Å². The lowest BCUT2D eigenvalue weighted by Crippen LogP contribution is -2.23. The van der Waals surface area contributed by atoms with Crippen LogP contribution in [0.1, 0.15) is 27.6 Å². The molecule has 0 aliphatic carbocycles. The molecule has 2 atom stereocenters. The summed E-state index contributed by atoms with van der Waals surface area (Å²) >= 11 is 0. The Morgan fingerprint density at radius 1 is 1.41 bits per heavy atom. The van der Waals surface area contributed by atoms with E-state index >= 15 is 0 Å². The number of aliphatic hydroxyl groups excluding tert-OH is 3. The van der Waals surface area contributed by atoms with E-state index in [1.54, 1.807) is 25.1 Å². The van der Waals surface area contributed by atoms with Crippen LogP contribution in [0.2, 0.25) is 0 Å². The highest BCUT2D eigenvalue weighted by Gasteiger charge is 2.21. The molecule has 1 aromatic carbocycles. The Morgan fingerprint density at radius 3 is 2.59 bits per heavy atom. The summed E-state index contributed by atoms with van der Waals surface area (Å²) < 4.78 is 4.61. The van der Waals surface area contributed by atoms with Crippen LogP contribution in [0.3, 0.4) is 0 Å². The predicted octanol–water partition coefficient (Wildman–Crippen LogP) is 0.168. The van der Waals surface area contributed by atoms with Gasteiger partial charge in [0.2, 0.25) is 0 Å². The average Bonchev–Trinajstić information content (AvgIpc) is 2.36. The van der Waals surface area contributed by atoms with Gasteiger partial charge < -0.3 is 20.1 Å². The Hall–Kier alpha value is -1.43. The van der Waals surface area contributed by atoms with Crippen molar-refractivity contribution in [3.63, 3.8) is 0 Å². The largest absolute Gasteiger partial charge is 0.465 e. The zero-order valence-corrected chi connectivity index (χ0v) is 9.75. The number of esters is 1. The number of carbonyl (C=O) groups is 1. The molecule has 0 saturated heterocycles. The summed E-state index contributed by atoms with van der Waals surface area (Å²) in [5.74, 6) is -0.505. The Morgan fingerprint density at radius 2 is 2.06 bits per heavy atom. The standard InChI is InChI=1S/C12H16O5/c1-7-8(11(15)10(14)6-13)4-3-5-9(7)12(16)17-2/h3-5,10-11,13-15H,6H2,1-2H3. The summed E-state index contributed by atoms with van der Waals surface area (Å²) in [6.45, 7) is 1.10. The minimum absolute atomic E-state index is 0.328. The van der Waals surface area contributed by atoms with Crippen LogP contribution in [0.5, 0.6) is 0 Å². The number of benzene rings is 1. The van der Waals surface area contributed by atoms with Gasteiger partial charge in [0.05, 0.1) is 19.3 Å². The average molecular weight is 240 g/mol. The number of carbonyl (C=O) groups excluding carboxylic acids is 1. The topological polar surface area (TPSA) is 87.0 Å². The Bertz CT molecular complexity index is 402. The van der Waals surface area contributed by atoms with Gasteiger partial charge in [-0.25, -0.2) is 4.79 Å². The van der Waals surface area contributed by atoms with Gasteiger partial charge in [-0.3, -0.25) is 0 Å². The molecule has 0 aliphatic heterocycles. The van der Waals surface area contributed by atoms with Gasteiger partial charge in [0.15, 0.2) is 0 Å². The van der Waals surface area contributed by atoms with E-state index in [2.05, 4.69) is 4.74 Å². The maximum Gasteiger partial charge on any atom is 0.338 e. The normalized spacial score (nSPS) is 14.2. The maximum atomic E-state index is 11.4. The molecule has 5 heteroatoms. The molecule has 0 aliphatic rings. The number of rotatable bonds is 4. The molecule has 0 aromatic heterocycles. The zero-order chi connectivity index (χ0) is 13.0. The van der Waals surface area contributed by atoms with Crippen molar-refractivity contribution in [1.29, 1.82) is 0 Å². The van der Waals surface area contributed by atoms with Gasteiger partial charge in [0, 0.05) is 0 Å². The quantitative estimate of drug-likeness (QED) is 0.653. The number of hydrogen-bond donors (Lipinski definition) is 3. The molecule has 0 spiro atoms. The Kier molecular flexibility index (Phi) is 4.62. The van der Waals surface area contributed by atoms with Crippen LogP contribution >= 0.6 is 0 Å². The molecule has 1 rings (SSSR count). The van der Waals surface area contributed by atoms with E-state index in [1.807, 2.05) is 0 Å². The molecular weight excluding hydrogens is 224 g/mol. The summed E-state index contributed by atoms with van der Waals surface area (Å²) in [5.41, 5.74) is 1.25. The molecule has 3 N–H and O–H groups in total. The lowest BCUT2D eigenvalue weighted by Gasteiger charge is -2.19. The first kappa shape index (κ1) is 13.6. The van der Waals surface area contributed by atoms with Crippen molar-refractivity contribution in [1.82, 2.24) is 0 Å². The van der Waals surface area contributed by atoms with E-state index in [9.17, 15) is 15.0 Å². The highest BCUT2D eigenvalue weighted by molar-refractivity contribution is 5.91. The molecule has 1 aromatic rings. The number of ether oxygens (including phenoxy) is 1. The van der Waals surface area contributed by atoms with Crippen molar-refractivity contribution in [3.8, 4) is 0 Å². The van der Waals surface area contributed by atoms with Gasteiger partial charge >= 0.3 is 5.97 Å². The van der Waals surface area contributed by atoms with Crippen LogP contribution < -0.4 is 0 Å². The van der Waals surface area contributed by atoms with Gasteiger partial charge in [-0.2, -0.15) is 0 Å². The first-order valence-corrected chi connectivity index (χ1v) is 5.17. The molecular formula is C12H16O5. The van der Waals surface area contributed by atoms with Crippen molar-refractivity contribution in [3.05, 3.63) is 34.9 Å². The maximum absolute atomic E-state index is 11.4. The molecule has 5 nitrogen and oxygen atoms in total. The minimum Gasteiger partial charge on any atom is -0.465 e. The predicted molar refractivity (Wildman–Crippen MR) is 60.6 cm³/mol. The van der Waals surface area contributed by atoms with Crippen LogP contribution in [0.15, 0.2) is 18.2 Å². The fraction of sp³-hybridized carbons (Fsp3) is 0.417. The van der Waals surface area contributed by atoms with Crippen molar-refractivity contribution in [2.45, 2.75) is 19.1 Å². The summed E-state index contributed by atoms with van der Waals surface area (Å²) in [5, 5.41) is 27.9. The molecule has 0 bridgehead atoms. The van der Waals surface area contributed by atoms with E-state index < -0.39 is 24.8 Å². The molecule has 0 fully saturated rings. The monoisotopic (exact) mass is 240 g/mol. The van der Waals surface area contributed by atoms with Crippen LogP contribution in [0.4, 0.5) is 0 Å². The second-order valence-electron chi connectivity index (χ2n) is 3.71. The molecule has 0 saturated carbocycles. The minimum atomic E-state index is -1.28. The molecule has 94 valence electrons. The van der Waals surface area contributed by atoms with Crippen LogP contribution in [-0.4, -0.2) is 41.1 Å². The Labute approximate surface area is 99.3 Å². The van der Waals surface area contributed by atoms with Crippen molar-refractivity contribution in [2.24, 2.45) is 0 Å². The Balaban J connectivity index is 3.14. The SMILES string of the molecule is COC(=O)c1cccc(C(O)C(O)CO)c1C. The van der Waals surface area contributed by atoms with Crippen molar-refractivity contribution >= 4 is 5.97 Å². The van der Waals surface area contributed by atoms with Crippen LogP contribution in [0.25, 0.3) is 0 Å². The molecule has 17 heavy (non-hydrogen) atoms. The number of hydrogen-bond acceptors (Lipinski definition) is 5. The fourth-order valence-electron chi connectivity index (χ4n) is 1.61. The van der Waals surface area contributed by atoms with E-state index in [1.165, 1.54) is 7.11 Å². The third-order valence-electron chi connectivity index (χ3n) is 2.65. The molecule has 0 heterocycles. The molecule has 0 radical (unpaired) electrons. The fourth-order valence-corrected chi connectivity index (χ4v) is 1.61. The van der Waals surface area contributed by atoms with Gasteiger partial charge in [0.1, 0.15) is 12.2 Å². The lowest BCUT2D eigenvalue weighted by molar-refractivity contribution is -0.0155. The summed E-state index contributed by atoms with van der Waals surface area (Å²) in [4.78, 5) is 11.4. The van der Waals surface area contributed by atoms with Gasteiger partial charge in [-0.15, -0.1) is 0 Å². The van der Waals surface area contributed by atoms with Gasteiger partial charge in [-0.1, -0.05) is 12.1 Å². The second kappa shape index (κ2) is 5.77. The number of methoxy groups -OCH3 is 1. The first-order valence-electron chi connectivity index (χ1n) is 5.17. The van der Waals surface area contributed by atoms with E-state index in [0.717, 1.165) is 0 Å². The number of aliphatic hydroxyl groups is 3. The zero-order valence-electron chi connectivity index (χ0n) is 9.75. The van der Waals surface area contributed by atoms with E-state index in [4.69, 9.17) is 5.11 Å². The van der Waals surface area contributed by atoms with E-state index in [0.29, 0.717) is 16.7 Å². The summed E-state index contributed by atoms with van der Waals surface area (Å²) in [7, 11) is 1.27. The molecule has 0 amide bonds. The smallest absolute Gasteiger partial charge is 0.338 e. The highest BCUT2D eigenvalue weighted by Crippen LogP contribution is 2.23. The second-order valence-corrected chi connectivity index (χ2v) is 3.71. The van der Waals surface area contributed by atoms with Gasteiger partial charge in [-0.05, 0) is 24.1 Å². The van der Waals surface area contributed by atoms with E-state index in [-0.39, 0.29) is 0 Å². The third-order valence-corrected chi connectivity index (χ3v) is 2.65. The lowest BCUT2D eigenvalue weighted by atomic mass is 9.96.